The lowest BCUT2D eigenvalue weighted by Gasteiger charge is -2.33. The first kappa shape index (κ1) is 13.9. The Morgan fingerprint density at radius 1 is 1.31 bits per heavy atom. The van der Waals surface area contributed by atoms with Crippen LogP contribution in [0.15, 0.2) is 0 Å². The zero-order valence-corrected chi connectivity index (χ0v) is 10.5. The molecule has 1 aliphatic carbocycles. The maximum Gasteiger partial charge on any atom is 0.248 e. The minimum absolute atomic E-state index is 0.0352. The van der Waals surface area contributed by atoms with Gasteiger partial charge in [-0.15, -0.1) is 0 Å². The van der Waals surface area contributed by atoms with E-state index >= 15 is 0 Å². The predicted molar refractivity (Wildman–Crippen MR) is 63.6 cm³/mol. The third kappa shape index (κ3) is 4.36. The van der Waals surface area contributed by atoms with Crippen molar-refractivity contribution in [3.8, 4) is 0 Å². The van der Waals surface area contributed by atoms with Crippen molar-refractivity contribution in [3.05, 3.63) is 0 Å². The van der Waals surface area contributed by atoms with Gasteiger partial charge in [-0.05, 0) is 31.1 Å². The van der Waals surface area contributed by atoms with Crippen LogP contribution in [0.3, 0.4) is 0 Å². The molecule has 3 heteroatoms. The molecule has 1 rings (SSSR count). The quantitative estimate of drug-likeness (QED) is 0.764. The Labute approximate surface area is 97.8 Å². The summed E-state index contributed by atoms with van der Waals surface area (Å²) in [6.45, 7) is 4.38. The third-order valence-electron chi connectivity index (χ3n) is 3.82. The van der Waals surface area contributed by atoms with E-state index in [2.05, 4.69) is 13.8 Å². The Balaban J connectivity index is 2.30. The van der Waals surface area contributed by atoms with Gasteiger partial charge in [-0.2, -0.15) is 0 Å². The van der Waals surface area contributed by atoms with Gasteiger partial charge < -0.3 is 5.73 Å². The summed E-state index contributed by atoms with van der Waals surface area (Å²) in [6.07, 6.45) is 4.64. The lowest BCUT2D eigenvalue weighted by atomic mass is 9.79. The maximum absolute atomic E-state index is 13.0. The molecule has 0 heterocycles. The second-order valence-corrected chi connectivity index (χ2v) is 5.49. The van der Waals surface area contributed by atoms with E-state index in [-0.39, 0.29) is 18.9 Å². The first-order valence-electron chi connectivity index (χ1n) is 6.58. The molecule has 1 aliphatic rings. The lowest BCUT2D eigenvalue weighted by Crippen LogP contribution is -2.37. The van der Waals surface area contributed by atoms with Gasteiger partial charge in [-0.3, -0.25) is 0 Å². The van der Waals surface area contributed by atoms with Gasteiger partial charge >= 0.3 is 0 Å². The molecule has 16 heavy (non-hydrogen) atoms. The molecular formula is C13H25F2N. The molecule has 0 aromatic carbocycles. The van der Waals surface area contributed by atoms with Crippen LogP contribution in [0.2, 0.25) is 0 Å². The van der Waals surface area contributed by atoms with Crippen LogP contribution in [-0.2, 0) is 0 Å². The zero-order chi connectivity index (χ0) is 12.2. The average Bonchev–Trinajstić information content (AvgIpc) is 2.17. The zero-order valence-electron chi connectivity index (χ0n) is 10.5. The average molecular weight is 233 g/mol. The first-order chi connectivity index (χ1) is 7.44. The van der Waals surface area contributed by atoms with E-state index in [4.69, 9.17) is 5.73 Å². The fourth-order valence-electron chi connectivity index (χ4n) is 2.76. The van der Waals surface area contributed by atoms with Gasteiger partial charge in [-0.1, -0.05) is 26.7 Å². The van der Waals surface area contributed by atoms with Crippen LogP contribution in [0.4, 0.5) is 8.78 Å². The molecule has 0 spiro atoms. The van der Waals surface area contributed by atoms with Crippen molar-refractivity contribution in [2.45, 2.75) is 70.8 Å². The molecule has 96 valence electrons. The van der Waals surface area contributed by atoms with E-state index in [1.54, 1.807) is 0 Å². The Morgan fingerprint density at radius 2 is 1.88 bits per heavy atom. The van der Waals surface area contributed by atoms with Crippen LogP contribution in [0.25, 0.3) is 0 Å². The van der Waals surface area contributed by atoms with Crippen molar-refractivity contribution in [1.29, 1.82) is 0 Å². The molecule has 0 aliphatic heterocycles. The molecule has 2 unspecified atom stereocenters. The van der Waals surface area contributed by atoms with Crippen LogP contribution in [-0.4, -0.2) is 12.0 Å². The second kappa shape index (κ2) is 5.95. The highest BCUT2D eigenvalue weighted by Crippen LogP contribution is 2.38. The highest BCUT2D eigenvalue weighted by Gasteiger charge is 2.36. The molecule has 0 aromatic heterocycles. The van der Waals surface area contributed by atoms with Gasteiger partial charge in [0.15, 0.2) is 0 Å². The molecule has 0 saturated heterocycles. The fraction of sp³-hybridized carbons (Fsp3) is 1.00. The van der Waals surface area contributed by atoms with Gasteiger partial charge in [0.25, 0.3) is 0 Å². The van der Waals surface area contributed by atoms with Gasteiger partial charge in [0.05, 0.1) is 0 Å². The van der Waals surface area contributed by atoms with Crippen molar-refractivity contribution in [3.63, 3.8) is 0 Å². The van der Waals surface area contributed by atoms with Crippen LogP contribution in [0.1, 0.15) is 58.8 Å². The van der Waals surface area contributed by atoms with Crippen LogP contribution in [0, 0.1) is 11.8 Å². The number of hydrogen-bond acceptors (Lipinski definition) is 1. The lowest BCUT2D eigenvalue weighted by molar-refractivity contribution is -0.0488. The summed E-state index contributed by atoms with van der Waals surface area (Å²) in [5.74, 6) is -1.48. The van der Waals surface area contributed by atoms with E-state index < -0.39 is 5.92 Å². The number of halogens is 2. The van der Waals surface area contributed by atoms with E-state index in [9.17, 15) is 8.78 Å². The van der Waals surface area contributed by atoms with E-state index in [1.807, 2.05) is 0 Å². The van der Waals surface area contributed by atoms with Crippen molar-refractivity contribution in [2.75, 3.05) is 0 Å². The number of rotatable bonds is 5. The molecule has 1 fully saturated rings. The van der Waals surface area contributed by atoms with Gasteiger partial charge in [0, 0.05) is 18.9 Å². The monoisotopic (exact) mass is 233 g/mol. The summed E-state index contributed by atoms with van der Waals surface area (Å²) in [6, 6.07) is 0.123. The molecule has 0 radical (unpaired) electrons. The Hall–Kier alpha value is -0.180. The molecule has 0 amide bonds. The second-order valence-electron chi connectivity index (χ2n) is 5.49. The Bertz CT molecular complexity index is 196. The topological polar surface area (TPSA) is 26.0 Å². The molecular weight excluding hydrogens is 208 g/mol. The van der Waals surface area contributed by atoms with Crippen LogP contribution >= 0.6 is 0 Å². The first-order valence-corrected chi connectivity index (χ1v) is 6.58. The summed E-state index contributed by atoms with van der Waals surface area (Å²) in [4.78, 5) is 0. The largest absolute Gasteiger partial charge is 0.327 e. The van der Waals surface area contributed by atoms with Crippen molar-refractivity contribution >= 4 is 0 Å². The smallest absolute Gasteiger partial charge is 0.248 e. The fourth-order valence-corrected chi connectivity index (χ4v) is 2.76. The van der Waals surface area contributed by atoms with Gasteiger partial charge in [0.1, 0.15) is 0 Å². The summed E-state index contributed by atoms with van der Waals surface area (Å²) in [5.41, 5.74) is 6.12. The Morgan fingerprint density at radius 3 is 2.38 bits per heavy atom. The minimum atomic E-state index is -2.43. The molecule has 0 aromatic rings. The summed E-state index contributed by atoms with van der Waals surface area (Å²) in [5, 5.41) is 0. The Kier molecular flexibility index (Phi) is 5.16. The van der Waals surface area contributed by atoms with Crippen molar-refractivity contribution < 1.29 is 8.78 Å². The van der Waals surface area contributed by atoms with Crippen molar-refractivity contribution in [2.24, 2.45) is 17.6 Å². The molecule has 0 bridgehead atoms. The van der Waals surface area contributed by atoms with Crippen LogP contribution in [0.5, 0.6) is 0 Å². The normalized spacial score (nSPS) is 25.3. The van der Waals surface area contributed by atoms with Crippen molar-refractivity contribution in [1.82, 2.24) is 0 Å². The molecule has 2 atom stereocenters. The summed E-state index contributed by atoms with van der Waals surface area (Å²) >= 11 is 0. The maximum atomic E-state index is 13.0. The van der Waals surface area contributed by atoms with Gasteiger partial charge in [0.2, 0.25) is 5.92 Å². The van der Waals surface area contributed by atoms with E-state index in [0.717, 1.165) is 6.42 Å². The highest BCUT2D eigenvalue weighted by atomic mass is 19.3. The van der Waals surface area contributed by atoms with E-state index in [0.29, 0.717) is 24.7 Å². The summed E-state index contributed by atoms with van der Waals surface area (Å²) < 4.78 is 26.0. The molecule has 2 N–H and O–H groups in total. The SMILES string of the molecule is CCCC(C)CC(N)C1CCC(F)(F)CC1. The number of nitrogens with two attached hydrogens (primary N) is 1. The highest BCUT2D eigenvalue weighted by molar-refractivity contribution is 4.83. The number of alkyl halides is 2. The third-order valence-corrected chi connectivity index (χ3v) is 3.82. The molecule has 1 nitrogen and oxygen atoms in total. The van der Waals surface area contributed by atoms with Gasteiger partial charge in [-0.25, -0.2) is 8.78 Å². The standard InChI is InChI=1S/C13H25F2N/c1-3-4-10(2)9-12(16)11-5-7-13(14,15)8-6-11/h10-12H,3-9,16H2,1-2H3. The van der Waals surface area contributed by atoms with Crippen LogP contribution < -0.4 is 5.73 Å². The number of hydrogen-bond donors (Lipinski definition) is 1. The predicted octanol–water partition coefficient (Wildman–Crippen LogP) is 3.97. The van der Waals surface area contributed by atoms with E-state index in [1.165, 1.54) is 12.8 Å². The summed E-state index contributed by atoms with van der Waals surface area (Å²) in [7, 11) is 0. The minimum Gasteiger partial charge on any atom is -0.327 e. The molecule has 1 saturated carbocycles.